The van der Waals surface area contributed by atoms with Crippen LogP contribution in [0.4, 0.5) is 4.79 Å². The number of nitrogens with two attached hydrogens (primary N) is 1. The third-order valence-electron chi connectivity index (χ3n) is 3.29. The van der Waals surface area contributed by atoms with Crippen molar-refractivity contribution in [2.24, 2.45) is 5.73 Å². The molecular weight excluding hydrogens is 356 g/mol. The van der Waals surface area contributed by atoms with Crippen LogP contribution in [-0.2, 0) is 30.5 Å². The number of aldehydes is 1. The smallest absolute Gasteiger partial charge is 0.407 e. The molecule has 0 saturated heterocycles. The third-order valence-corrected chi connectivity index (χ3v) is 3.29. The molecule has 0 bridgehead atoms. The molecule has 4 amide bonds. The van der Waals surface area contributed by atoms with Gasteiger partial charge in [0.1, 0.15) is 25.5 Å². The minimum absolute atomic E-state index is 0.0556. The average Bonchev–Trinajstić information content (AvgIpc) is 2.64. The second kappa shape index (κ2) is 11.2. The number of benzene rings is 1. The lowest BCUT2D eigenvalue weighted by atomic mass is 10.2. The zero-order valence-corrected chi connectivity index (χ0v) is 14.8. The van der Waals surface area contributed by atoms with Gasteiger partial charge in [0.2, 0.25) is 17.7 Å². The molecule has 2 atom stereocenters. The molecule has 27 heavy (non-hydrogen) atoms. The van der Waals surface area contributed by atoms with Crippen molar-refractivity contribution < 1.29 is 28.7 Å². The fourth-order valence-corrected chi connectivity index (χ4v) is 1.94. The Hall–Kier alpha value is -3.43. The molecule has 0 aliphatic carbocycles. The molecule has 1 aromatic rings. The summed E-state index contributed by atoms with van der Waals surface area (Å²) in [4.78, 5) is 56.8. The molecule has 1 aromatic carbocycles. The predicted molar refractivity (Wildman–Crippen MR) is 94.0 cm³/mol. The van der Waals surface area contributed by atoms with E-state index in [-0.39, 0.29) is 13.0 Å². The highest BCUT2D eigenvalue weighted by Crippen LogP contribution is 2.00. The number of primary amides is 1. The minimum atomic E-state index is -1.07. The van der Waals surface area contributed by atoms with Crippen LogP contribution >= 0.6 is 0 Å². The maximum absolute atomic E-state index is 11.9. The van der Waals surface area contributed by atoms with Crippen LogP contribution < -0.4 is 21.7 Å². The molecule has 0 aliphatic heterocycles. The first-order chi connectivity index (χ1) is 12.8. The summed E-state index contributed by atoms with van der Waals surface area (Å²) >= 11 is 0. The van der Waals surface area contributed by atoms with E-state index in [2.05, 4.69) is 16.0 Å². The van der Waals surface area contributed by atoms with Crippen LogP contribution in [0.3, 0.4) is 0 Å². The van der Waals surface area contributed by atoms with Crippen molar-refractivity contribution in [2.45, 2.75) is 32.0 Å². The summed E-state index contributed by atoms with van der Waals surface area (Å²) in [5.41, 5.74) is 5.75. The Balaban J connectivity index is 2.31. The van der Waals surface area contributed by atoms with Crippen molar-refractivity contribution in [1.82, 2.24) is 16.0 Å². The van der Waals surface area contributed by atoms with Crippen LogP contribution in [0.1, 0.15) is 18.9 Å². The van der Waals surface area contributed by atoms with Gasteiger partial charge in [-0.3, -0.25) is 14.4 Å². The Bertz CT molecular complexity index is 679. The van der Waals surface area contributed by atoms with E-state index < -0.39 is 42.4 Å². The van der Waals surface area contributed by atoms with E-state index in [0.29, 0.717) is 6.29 Å². The summed E-state index contributed by atoms with van der Waals surface area (Å²) in [7, 11) is 0. The second-order valence-electron chi connectivity index (χ2n) is 5.63. The van der Waals surface area contributed by atoms with Gasteiger partial charge in [-0.15, -0.1) is 0 Å². The molecule has 0 heterocycles. The Kier molecular flexibility index (Phi) is 8.99. The third kappa shape index (κ3) is 9.00. The molecule has 1 unspecified atom stereocenters. The number of carbonyl (C=O) groups is 5. The fraction of sp³-hybridized carbons (Fsp3) is 0.353. The van der Waals surface area contributed by atoms with Crippen molar-refractivity contribution >= 4 is 30.1 Å². The maximum atomic E-state index is 11.9. The number of alkyl carbamates (subject to hydrolysis) is 1. The Morgan fingerprint density at radius 3 is 2.41 bits per heavy atom. The molecule has 10 heteroatoms. The maximum Gasteiger partial charge on any atom is 0.407 e. The summed E-state index contributed by atoms with van der Waals surface area (Å²) in [5.74, 6) is -2.05. The van der Waals surface area contributed by atoms with Crippen LogP contribution in [0.5, 0.6) is 0 Å². The first kappa shape index (κ1) is 21.6. The highest BCUT2D eigenvalue weighted by Gasteiger charge is 2.20. The molecule has 0 spiro atoms. The van der Waals surface area contributed by atoms with Crippen LogP contribution in [-0.4, -0.2) is 48.7 Å². The van der Waals surface area contributed by atoms with Gasteiger partial charge in [-0.2, -0.15) is 0 Å². The van der Waals surface area contributed by atoms with Crippen molar-refractivity contribution in [1.29, 1.82) is 0 Å². The minimum Gasteiger partial charge on any atom is -0.445 e. The lowest BCUT2D eigenvalue weighted by molar-refractivity contribution is -0.130. The van der Waals surface area contributed by atoms with Gasteiger partial charge in [0.25, 0.3) is 0 Å². The van der Waals surface area contributed by atoms with Gasteiger partial charge in [-0.1, -0.05) is 30.3 Å². The SMILES string of the molecule is CC(NC(=O)CNC(=O)OCc1ccccc1)C(=O)N[C@H](C=O)CC(N)=O. The molecule has 0 saturated carbocycles. The van der Waals surface area contributed by atoms with Crippen LogP contribution in [0.15, 0.2) is 30.3 Å². The van der Waals surface area contributed by atoms with Gasteiger partial charge < -0.3 is 31.2 Å². The number of carbonyl (C=O) groups excluding carboxylic acids is 5. The van der Waals surface area contributed by atoms with E-state index in [1.54, 1.807) is 24.3 Å². The van der Waals surface area contributed by atoms with E-state index in [1.165, 1.54) is 6.92 Å². The fourth-order valence-electron chi connectivity index (χ4n) is 1.94. The predicted octanol–water partition coefficient (Wildman–Crippen LogP) is -1.02. The van der Waals surface area contributed by atoms with E-state index in [9.17, 15) is 24.0 Å². The van der Waals surface area contributed by atoms with Gasteiger partial charge in [0.05, 0.1) is 12.5 Å². The lowest BCUT2D eigenvalue weighted by Gasteiger charge is -2.17. The number of hydrogen-bond acceptors (Lipinski definition) is 6. The summed E-state index contributed by atoms with van der Waals surface area (Å²) in [6.07, 6.45) is -0.750. The van der Waals surface area contributed by atoms with E-state index >= 15 is 0 Å². The van der Waals surface area contributed by atoms with Crippen LogP contribution in [0.25, 0.3) is 0 Å². The van der Waals surface area contributed by atoms with E-state index in [0.717, 1.165) is 5.56 Å². The molecule has 0 aromatic heterocycles. The molecule has 5 N–H and O–H groups in total. The quantitative estimate of drug-likeness (QED) is 0.382. The number of nitrogens with one attached hydrogen (secondary N) is 3. The first-order valence-corrected chi connectivity index (χ1v) is 8.09. The lowest BCUT2D eigenvalue weighted by Crippen LogP contribution is -2.51. The highest BCUT2D eigenvalue weighted by atomic mass is 16.5. The van der Waals surface area contributed by atoms with Crippen LogP contribution in [0, 0.1) is 0 Å². The van der Waals surface area contributed by atoms with Gasteiger partial charge >= 0.3 is 6.09 Å². The van der Waals surface area contributed by atoms with Gasteiger partial charge in [-0.25, -0.2) is 4.79 Å². The number of rotatable bonds is 10. The monoisotopic (exact) mass is 378 g/mol. The van der Waals surface area contributed by atoms with Crippen LogP contribution in [0.2, 0.25) is 0 Å². The summed E-state index contributed by atoms with van der Waals surface area (Å²) in [6, 6.07) is 6.94. The average molecular weight is 378 g/mol. The molecule has 146 valence electrons. The summed E-state index contributed by atoms with van der Waals surface area (Å²) in [5, 5.41) is 6.86. The summed E-state index contributed by atoms with van der Waals surface area (Å²) in [6.45, 7) is 1.04. The number of ether oxygens (including phenoxy) is 1. The molecule has 1 rings (SSSR count). The van der Waals surface area contributed by atoms with Crippen molar-refractivity contribution in [2.75, 3.05) is 6.54 Å². The van der Waals surface area contributed by atoms with Crippen molar-refractivity contribution in [3.05, 3.63) is 35.9 Å². The van der Waals surface area contributed by atoms with E-state index in [4.69, 9.17) is 10.5 Å². The van der Waals surface area contributed by atoms with Crippen molar-refractivity contribution in [3.63, 3.8) is 0 Å². The standard InChI is InChI=1S/C17H22N4O6/c1-11(16(25)21-13(9-22)7-14(18)23)20-15(24)8-19-17(26)27-10-12-5-3-2-4-6-12/h2-6,9,11,13H,7-8,10H2,1H3,(H2,18,23)(H,19,26)(H,20,24)(H,21,25)/t11?,13-/m0/s1. The molecule has 0 aliphatic rings. The first-order valence-electron chi connectivity index (χ1n) is 8.09. The number of amides is 4. The highest BCUT2D eigenvalue weighted by molar-refractivity contribution is 5.91. The van der Waals surface area contributed by atoms with Gasteiger partial charge in [0, 0.05) is 0 Å². The largest absolute Gasteiger partial charge is 0.445 e. The molecule has 0 fully saturated rings. The zero-order valence-electron chi connectivity index (χ0n) is 14.8. The van der Waals surface area contributed by atoms with Gasteiger partial charge in [0.15, 0.2) is 0 Å². The molecular formula is C17H22N4O6. The number of hydrogen-bond donors (Lipinski definition) is 4. The van der Waals surface area contributed by atoms with Crippen molar-refractivity contribution in [3.8, 4) is 0 Å². The Morgan fingerprint density at radius 1 is 1.15 bits per heavy atom. The Morgan fingerprint density at radius 2 is 1.81 bits per heavy atom. The summed E-state index contributed by atoms with van der Waals surface area (Å²) < 4.78 is 4.94. The topological polar surface area (TPSA) is 157 Å². The molecule has 10 nitrogen and oxygen atoms in total. The molecule has 0 radical (unpaired) electrons. The normalized spacial score (nSPS) is 12.2. The Labute approximate surface area is 155 Å². The second-order valence-corrected chi connectivity index (χ2v) is 5.63. The van der Waals surface area contributed by atoms with Gasteiger partial charge in [-0.05, 0) is 12.5 Å². The zero-order chi connectivity index (χ0) is 20.2. The van der Waals surface area contributed by atoms with E-state index in [1.807, 2.05) is 6.07 Å².